The highest BCUT2D eigenvalue weighted by Gasteiger charge is 2.08. The molecule has 1 unspecified atom stereocenters. The van der Waals surface area contributed by atoms with Crippen LogP contribution in [0.4, 0.5) is 0 Å². The quantitative estimate of drug-likeness (QED) is 0.497. The molecule has 1 heterocycles. The van der Waals surface area contributed by atoms with Crippen molar-refractivity contribution < 1.29 is 4.21 Å². The molecule has 1 aliphatic rings. The molecule has 52 valence electrons. The maximum atomic E-state index is 10.8. The molecule has 1 N–H and O–H groups in total. The van der Waals surface area contributed by atoms with Crippen molar-refractivity contribution >= 4 is 11.0 Å². The van der Waals surface area contributed by atoms with Crippen LogP contribution in [-0.2, 0) is 11.0 Å². The SMILES string of the molecule is CC1=C(C)CS(=O)NC1. The molecular formula is C6H11NOS. The van der Waals surface area contributed by atoms with Gasteiger partial charge >= 0.3 is 0 Å². The van der Waals surface area contributed by atoms with Gasteiger partial charge in [0.05, 0.1) is 16.7 Å². The number of nitrogens with one attached hydrogen (secondary N) is 1. The third-order valence-corrected chi connectivity index (χ3v) is 2.74. The van der Waals surface area contributed by atoms with Crippen LogP contribution < -0.4 is 4.72 Å². The standard InChI is InChI=1S/C6H11NOS/c1-5-3-7-9(8)4-6(5)2/h7H,3-4H2,1-2H3. The predicted octanol–water partition coefficient (Wildman–Crippen LogP) is 0.590. The summed E-state index contributed by atoms with van der Waals surface area (Å²) in [4.78, 5) is 0. The minimum Gasteiger partial charge on any atom is -0.243 e. The summed E-state index contributed by atoms with van der Waals surface area (Å²) in [5, 5.41) is 0. The van der Waals surface area contributed by atoms with Crippen molar-refractivity contribution in [3.63, 3.8) is 0 Å². The fourth-order valence-electron chi connectivity index (χ4n) is 0.711. The van der Waals surface area contributed by atoms with Gasteiger partial charge in [-0.25, -0.2) is 8.93 Å². The summed E-state index contributed by atoms with van der Waals surface area (Å²) >= 11 is 0. The Morgan fingerprint density at radius 2 is 2.11 bits per heavy atom. The highest BCUT2D eigenvalue weighted by atomic mass is 32.2. The van der Waals surface area contributed by atoms with Crippen LogP contribution in [0.25, 0.3) is 0 Å². The molecule has 0 aromatic carbocycles. The Morgan fingerprint density at radius 3 is 2.56 bits per heavy atom. The van der Waals surface area contributed by atoms with E-state index in [0.717, 1.165) is 6.54 Å². The molecule has 0 aliphatic carbocycles. The zero-order chi connectivity index (χ0) is 6.85. The van der Waals surface area contributed by atoms with E-state index in [2.05, 4.69) is 11.6 Å². The fraction of sp³-hybridized carbons (Fsp3) is 0.667. The molecule has 3 heteroatoms. The predicted molar refractivity (Wildman–Crippen MR) is 39.4 cm³/mol. The molecule has 0 amide bonds. The second-order valence-corrected chi connectivity index (χ2v) is 3.64. The Hall–Kier alpha value is -0.150. The van der Waals surface area contributed by atoms with E-state index in [4.69, 9.17) is 0 Å². The van der Waals surface area contributed by atoms with Gasteiger partial charge in [-0.1, -0.05) is 11.1 Å². The van der Waals surface area contributed by atoms with Gasteiger partial charge in [0.2, 0.25) is 0 Å². The Kier molecular flexibility index (Phi) is 2.03. The fourth-order valence-corrected chi connectivity index (χ4v) is 1.83. The summed E-state index contributed by atoms with van der Waals surface area (Å²) in [6, 6.07) is 0. The molecule has 0 saturated heterocycles. The first-order chi connectivity index (χ1) is 4.20. The van der Waals surface area contributed by atoms with E-state index in [0.29, 0.717) is 5.75 Å². The van der Waals surface area contributed by atoms with E-state index < -0.39 is 11.0 Å². The maximum Gasteiger partial charge on any atom is 0.0960 e. The first kappa shape index (κ1) is 6.96. The first-order valence-corrected chi connectivity index (χ1v) is 4.29. The van der Waals surface area contributed by atoms with Gasteiger partial charge in [0.25, 0.3) is 0 Å². The molecule has 0 fully saturated rings. The van der Waals surface area contributed by atoms with Crippen molar-refractivity contribution in [1.82, 2.24) is 4.72 Å². The van der Waals surface area contributed by atoms with Crippen LogP contribution in [0.3, 0.4) is 0 Å². The van der Waals surface area contributed by atoms with Crippen LogP contribution in [-0.4, -0.2) is 16.5 Å². The minimum absolute atomic E-state index is 0.700. The van der Waals surface area contributed by atoms with Crippen LogP contribution in [0.1, 0.15) is 13.8 Å². The number of hydrogen-bond acceptors (Lipinski definition) is 1. The molecule has 9 heavy (non-hydrogen) atoms. The zero-order valence-electron chi connectivity index (χ0n) is 5.73. The van der Waals surface area contributed by atoms with Gasteiger partial charge in [0.1, 0.15) is 0 Å². The average molecular weight is 145 g/mol. The van der Waals surface area contributed by atoms with Crippen LogP contribution >= 0.6 is 0 Å². The van der Waals surface area contributed by atoms with Gasteiger partial charge in [-0.15, -0.1) is 0 Å². The maximum absolute atomic E-state index is 10.8. The van der Waals surface area contributed by atoms with E-state index in [1.807, 2.05) is 6.92 Å². The number of hydrogen-bond donors (Lipinski definition) is 1. The van der Waals surface area contributed by atoms with Crippen LogP contribution in [0.2, 0.25) is 0 Å². The highest BCUT2D eigenvalue weighted by molar-refractivity contribution is 7.83. The summed E-state index contributed by atoms with van der Waals surface area (Å²) in [5.74, 6) is 0.700. The second-order valence-electron chi connectivity index (χ2n) is 2.37. The van der Waals surface area contributed by atoms with Gasteiger partial charge in [0, 0.05) is 6.54 Å². The van der Waals surface area contributed by atoms with E-state index >= 15 is 0 Å². The monoisotopic (exact) mass is 145 g/mol. The summed E-state index contributed by atoms with van der Waals surface area (Å²) in [7, 11) is -0.799. The van der Waals surface area contributed by atoms with Crippen molar-refractivity contribution in [3.8, 4) is 0 Å². The van der Waals surface area contributed by atoms with E-state index in [-0.39, 0.29) is 0 Å². The summed E-state index contributed by atoms with van der Waals surface area (Å²) in [5.41, 5.74) is 2.60. The van der Waals surface area contributed by atoms with Crippen molar-refractivity contribution in [2.75, 3.05) is 12.3 Å². The molecule has 1 atom stereocenters. The second kappa shape index (κ2) is 2.62. The largest absolute Gasteiger partial charge is 0.243 e. The van der Waals surface area contributed by atoms with Crippen LogP contribution in [0.15, 0.2) is 11.1 Å². The molecule has 1 rings (SSSR count). The minimum atomic E-state index is -0.799. The molecule has 0 aromatic rings. The van der Waals surface area contributed by atoms with Gasteiger partial charge in [0.15, 0.2) is 0 Å². The average Bonchev–Trinajstić information content (AvgIpc) is 1.80. The topological polar surface area (TPSA) is 29.1 Å². The molecule has 0 bridgehead atoms. The van der Waals surface area contributed by atoms with Gasteiger partial charge in [-0.3, -0.25) is 0 Å². The lowest BCUT2D eigenvalue weighted by atomic mass is 10.2. The zero-order valence-corrected chi connectivity index (χ0v) is 6.55. The third-order valence-electron chi connectivity index (χ3n) is 1.57. The van der Waals surface area contributed by atoms with E-state index in [9.17, 15) is 4.21 Å². The lowest BCUT2D eigenvalue weighted by molar-refractivity contribution is 0.673. The Morgan fingerprint density at radius 1 is 1.44 bits per heavy atom. The highest BCUT2D eigenvalue weighted by Crippen LogP contribution is 2.07. The molecule has 0 spiro atoms. The smallest absolute Gasteiger partial charge is 0.0960 e. The number of rotatable bonds is 0. The van der Waals surface area contributed by atoms with E-state index in [1.165, 1.54) is 11.1 Å². The molecule has 1 aliphatic heterocycles. The normalized spacial score (nSPS) is 28.9. The van der Waals surface area contributed by atoms with Crippen molar-refractivity contribution in [2.45, 2.75) is 13.8 Å². The van der Waals surface area contributed by atoms with Crippen LogP contribution in [0.5, 0.6) is 0 Å². The van der Waals surface area contributed by atoms with Crippen molar-refractivity contribution in [2.24, 2.45) is 0 Å². The molecule has 2 nitrogen and oxygen atoms in total. The summed E-state index contributed by atoms with van der Waals surface area (Å²) < 4.78 is 13.7. The van der Waals surface area contributed by atoms with Crippen molar-refractivity contribution in [3.05, 3.63) is 11.1 Å². The van der Waals surface area contributed by atoms with E-state index in [1.54, 1.807) is 0 Å². The van der Waals surface area contributed by atoms with Gasteiger partial charge in [-0.2, -0.15) is 0 Å². The van der Waals surface area contributed by atoms with Gasteiger partial charge < -0.3 is 0 Å². The van der Waals surface area contributed by atoms with Crippen molar-refractivity contribution in [1.29, 1.82) is 0 Å². The first-order valence-electron chi connectivity index (χ1n) is 2.97. The molecular weight excluding hydrogens is 134 g/mol. The third kappa shape index (κ3) is 1.63. The summed E-state index contributed by atoms with van der Waals surface area (Å²) in [6.45, 7) is 4.89. The molecule has 0 radical (unpaired) electrons. The van der Waals surface area contributed by atoms with Gasteiger partial charge in [-0.05, 0) is 13.8 Å². The molecule has 0 saturated carbocycles. The molecule has 0 aromatic heterocycles. The van der Waals surface area contributed by atoms with Crippen LogP contribution in [0, 0.1) is 0 Å². The lowest BCUT2D eigenvalue weighted by Gasteiger charge is -2.14. The Labute approximate surface area is 57.9 Å². The Balaban J connectivity index is 2.72. The lowest BCUT2D eigenvalue weighted by Crippen LogP contribution is -2.27. The summed E-state index contributed by atoms with van der Waals surface area (Å²) in [6.07, 6.45) is 0. The Bertz CT molecular complexity index is 174.